The number of rotatable bonds is 11. The Morgan fingerprint density at radius 3 is 2.66 bits per heavy atom. The molecule has 0 radical (unpaired) electrons. The summed E-state index contributed by atoms with van der Waals surface area (Å²) in [6, 6.07) is 14.5. The molecule has 3 rings (SSSR count). The largest absolute Gasteiger partial charge is 0.422 e. The molecular weight excluding hydrogens is 444 g/mol. The van der Waals surface area contributed by atoms with Gasteiger partial charge in [0.2, 0.25) is 5.91 Å². The predicted molar refractivity (Wildman–Crippen MR) is 132 cm³/mol. The number of carbonyl (C=O) groups excluding carboxylic acids is 2. The van der Waals surface area contributed by atoms with Crippen molar-refractivity contribution in [3.05, 3.63) is 64.0 Å². The number of ether oxygens (including phenoxy) is 1. The van der Waals surface area contributed by atoms with Gasteiger partial charge in [0.25, 0.3) is 0 Å². The van der Waals surface area contributed by atoms with Crippen LogP contribution in [0, 0.1) is 0 Å². The summed E-state index contributed by atoms with van der Waals surface area (Å²) >= 11 is 7.67. The van der Waals surface area contributed by atoms with E-state index in [0.717, 1.165) is 22.9 Å². The molecular formula is C25H27ClN2O3S. The van der Waals surface area contributed by atoms with E-state index in [1.807, 2.05) is 30.3 Å². The Bertz CT molecular complexity index is 1090. The Balaban J connectivity index is 1.51. The zero-order chi connectivity index (χ0) is 22.8. The monoisotopic (exact) mass is 470 g/mol. The SMILES string of the molecule is CCCCCCCCC(=O)N/N=C\c1cccc(OC(=O)c2sc3ccccc3c2Cl)c1. The van der Waals surface area contributed by atoms with Crippen molar-refractivity contribution in [2.75, 3.05) is 0 Å². The van der Waals surface area contributed by atoms with Gasteiger partial charge < -0.3 is 4.74 Å². The van der Waals surface area contributed by atoms with Crippen LogP contribution in [0.15, 0.2) is 53.6 Å². The third-order valence-electron chi connectivity index (χ3n) is 4.95. The summed E-state index contributed by atoms with van der Waals surface area (Å²) in [6.45, 7) is 2.19. The van der Waals surface area contributed by atoms with Gasteiger partial charge in [0.1, 0.15) is 10.6 Å². The summed E-state index contributed by atoms with van der Waals surface area (Å²) in [7, 11) is 0. The number of thiophene rings is 1. The average molecular weight is 471 g/mol. The first-order chi connectivity index (χ1) is 15.6. The molecule has 1 aromatic heterocycles. The van der Waals surface area contributed by atoms with Crippen molar-refractivity contribution in [2.45, 2.75) is 51.9 Å². The summed E-state index contributed by atoms with van der Waals surface area (Å²) in [5.41, 5.74) is 3.25. The van der Waals surface area contributed by atoms with E-state index in [9.17, 15) is 9.59 Å². The normalized spacial score (nSPS) is 11.2. The van der Waals surface area contributed by atoms with E-state index in [1.54, 1.807) is 18.2 Å². The van der Waals surface area contributed by atoms with Gasteiger partial charge in [-0.05, 0) is 30.2 Å². The van der Waals surface area contributed by atoms with Gasteiger partial charge in [0.15, 0.2) is 0 Å². The topological polar surface area (TPSA) is 67.8 Å². The lowest BCUT2D eigenvalue weighted by Gasteiger charge is -2.04. The molecule has 0 atom stereocenters. The van der Waals surface area contributed by atoms with Gasteiger partial charge in [0, 0.05) is 16.5 Å². The molecule has 0 aliphatic heterocycles. The van der Waals surface area contributed by atoms with Crippen LogP contribution in [-0.2, 0) is 4.79 Å². The van der Waals surface area contributed by atoms with Crippen LogP contribution in [0.5, 0.6) is 5.75 Å². The highest BCUT2D eigenvalue weighted by atomic mass is 35.5. The first kappa shape index (κ1) is 24.0. The average Bonchev–Trinajstić information content (AvgIpc) is 3.13. The van der Waals surface area contributed by atoms with Crippen LogP contribution in [0.1, 0.15) is 67.1 Å². The van der Waals surface area contributed by atoms with Gasteiger partial charge in [-0.3, -0.25) is 4.79 Å². The number of amides is 1. The van der Waals surface area contributed by atoms with E-state index in [4.69, 9.17) is 16.3 Å². The summed E-state index contributed by atoms with van der Waals surface area (Å²) in [4.78, 5) is 24.9. The number of carbonyl (C=O) groups is 2. The van der Waals surface area contributed by atoms with Crippen LogP contribution in [0.2, 0.25) is 5.02 Å². The van der Waals surface area contributed by atoms with Crippen molar-refractivity contribution in [1.82, 2.24) is 5.43 Å². The third kappa shape index (κ3) is 6.90. The number of hydrogen-bond acceptors (Lipinski definition) is 5. The van der Waals surface area contributed by atoms with Crippen molar-refractivity contribution in [1.29, 1.82) is 0 Å². The lowest BCUT2D eigenvalue weighted by Crippen LogP contribution is -2.16. The maximum absolute atomic E-state index is 12.6. The minimum absolute atomic E-state index is 0.0984. The number of esters is 1. The maximum atomic E-state index is 12.6. The number of nitrogens with zero attached hydrogens (tertiary/aromatic N) is 1. The molecule has 0 saturated heterocycles. The Morgan fingerprint density at radius 2 is 1.84 bits per heavy atom. The molecule has 0 spiro atoms. The molecule has 0 fully saturated rings. The number of hydrogen-bond donors (Lipinski definition) is 1. The van der Waals surface area contributed by atoms with Crippen molar-refractivity contribution < 1.29 is 14.3 Å². The lowest BCUT2D eigenvalue weighted by atomic mass is 10.1. The molecule has 168 valence electrons. The minimum atomic E-state index is -0.502. The number of hydrazone groups is 1. The van der Waals surface area contributed by atoms with Gasteiger partial charge in [-0.2, -0.15) is 5.10 Å². The summed E-state index contributed by atoms with van der Waals surface area (Å²) < 4.78 is 6.44. The summed E-state index contributed by atoms with van der Waals surface area (Å²) in [5.74, 6) is -0.220. The lowest BCUT2D eigenvalue weighted by molar-refractivity contribution is -0.121. The predicted octanol–water partition coefficient (Wildman–Crippen LogP) is 6.97. The van der Waals surface area contributed by atoms with Crippen molar-refractivity contribution in [3.63, 3.8) is 0 Å². The molecule has 3 aromatic rings. The van der Waals surface area contributed by atoms with Crippen LogP contribution < -0.4 is 10.2 Å². The van der Waals surface area contributed by atoms with Gasteiger partial charge in [0.05, 0.1) is 11.2 Å². The standard InChI is InChI=1S/C25H27ClN2O3S/c1-2-3-4-5-6-7-15-22(29)28-27-17-18-11-10-12-19(16-18)31-25(30)24-23(26)20-13-8-9-14-21(20)32-24/h8-14,16-17H,2-7,15H2,1H3,(H,28,29)/b27-17-. The van der Waals surface area contributed by atoms with Crippen LogP contribution >= 0.6 is 22.9 Å². The number of fused-ring (bicyclic) bond motifs is 1. The Morgan fingerprint density at radius 1 is 1.06 bits per heavy atom. The molecule has 1 N–H and O–H groups in total. The second-order valence-corrected chi connectivity index (χ2v) is 8.94. The van der Waals surface area contributed by atoms with E-state index >= 15 is 0 Å². The second-order valence-electron chi connectivity index (χ2n) is 7.51. The molecule has 0 aliphatic carbocycles. The summed E-state index contributed by atoms with van der Waals surface area (Å²) in [5, 5.41) is 5.25. The highest BCUT2D eigenvalue weighted by Crippen LogP contribution is 2.35. The maximum Gasteiger partial charge on any atom is 0.355 e. The fraction of sp³-hybridized carbons (Fsp3) is 0.320. The van der Waals surface area contributed by atoms with Gasteiger partial charge in [-0.1, -0.05) is 81.0 Å². The van der Waals surface area contributed by atoms with Gasteiger partial charge in [-0.15, -0.1) is 11.3 Å². The first-order valence-electron chi connectivity index (χ1n) is 10.9. The molecule has 1 amide bonds. The highest BCUT2D eigenvalue weighted by molar-refractivity contribution is 7.21. The number of halogens is 1. The second kappa shape index (κ2) is 12.4. The molecule has 0 aliphatic rings. The molecule has 0 bridgehead atoms. The molecule has 5 nitrogen and oxygen atoms in total. The van der Waals surface area contributed by atoms with Crippen LogP contribution in [0.25, 0.3) is 10.1 Å². The van der Waals surface area contributed by atoms with Crippen LogP contribution in [0.4, 0.5) is 0 Å². The molecule has 1 heterocycles. The Labute approximate surface area is 197 Å². The molecule has 2 aromatic carbocycles. The zero-order valence-corrected chi connectivity index (χ0v) is 19.7. The molecule has 0 unspecified atom stereocenters. The Hall–Kier alpha value is -2.70. The van der Waals surface area contributed by atoms with E-state index < -0.39 is 5.97 Å². The zero-order valence-electron chi connectivity index (χ0n) is 18.1. The van der Waals surface area contributed by atoms with E-state index in [0.29, 0.717) is 27.6 Å². The van der Waals surface area contributed by atoms with Gasteiger partial charge in [-0.25, -0.2) is 10.2 Å². The van der Waals surface area contributed by atoms with Crippen molar-refractivity contribution in [3.8, 4) is 5.75 Å². The minimum Gasteiger partial charge on any atom is -0.422 e. The Kier molecular flexibility index (Phi) is 9.26. The molecule has 7 heteroatoms. The van der Waals surface area contributed by atoms with Crippen LogP contribution in [-0.4, -0.2) is 18.1 Å². The third-order valence-corrected chi connectivity index (χ3v) is 6.60. The quantitative estimate of drug-likeness (QED) is 0.108. The fourth-order valence-corrected chi connectivity index (χ4v) is 4.64. The summed E-state index contributed by atoms with van der Waals surface area (Å²) in [6.07, 6.45) is 8.80. The van der Waals surface area contributed by atoms with Gasteiger partial charge >= 0.3 is 5.97 Å². The molecule has 0 saturated carbocycles. The molecule has 32 heavy (non-hydrogen) atoms. The van der Waals surface area contributed by atoms with E-state index in [-0.39, 0.29) is 5.91 Å². The fourth-order valence-electron chi connectivity index (χ4n) is 3.26. The van der Waals surface area contributed by atoms with E-state index in [1.165, 1.54) is 43.2 Å². The van der Waals surface area contributed by atoms with Crippen molar-refractivity contribution >= 4 is 51.1 Å². The van der Waals surface area contributed by atoms with Crippen molar-refractivity contribution in [2.24, 2.45) is 5.10 Å². The van der Waals surface area contributed by atoms with Crippen LogP contribution in [0.3, 0.4) is 0 Å². The smallest absolute Gasteiger partial charge is 0.355 e. The first-order valence-corrected chi connectivity index (χ1v) is 12.1. The highest BCUT2D eigenvalue weighted by Gasteiger charge is 2.19. The number of unbranched alkanes of at least 4 members (excludes halogenated alkanes) is 5. The van der Waals surface area contributed by atoms with E-state index in [2.05, 4.69) is 17.5 Å². The number of benzene rings is 2. The number of nitrogens with one attached hydrogen (secondary N) is 1.